The van der Waals surface area contributed by atoms with Gasteiger partial charge >= 0.3 is 0 Å². The van der Waals surface area contributed by atoms with E-state index in [1.54, 1.807) is 0 Å². The van der Waals surface area contributed by atoms with E-state index in [0.717, 1.165) is 17.8 Å². The van der Waals surface area contributed by atoms with Gasteiger partial charge in [-0.2, -0.15) is 0 Å². The van der Waals surface area contributed by atoms with Crippen LogP contribution in [0.3, 0.4) is 0 Å². The fourth-order valence-corrected chi connectivity index (χ4v) is 4.94. The first-order valence-corrected chi connectivity index (χ1v) is 7.62. The van der Waals surface area contributed by atoms with Crippen molar-refractivity contribution in [2.45, 2.75) is 12.5 Å². The second-order valence-corrected chi connectivity index (χ2v) is 6.77. The van der Waals surface area contributed by atoms with Crippen LogP contribution in [0.4, 0.5) is 0 Å². The molecule has 0 amide bonds. The van der Waals surface area contributed by atoms with Crippen molar-refractivity contribution in [3.63, 3.8) is 0 Å². The molecule has 3 heteroatoms. The Morgan fingerprint density at radius 1 is 1.15 bits per heavy atom. The smallest absolute Gasteiger partial charge is 0.0956 e. The number of nitrogens with zero attached hydrogens (tertiary/aromatic N) is 3. The van der Waals surface area contributed by atoms with Crippen LogP contribution < -0.4 is 0 Å². The standard InChI is InChI=1S/C17H19N3/c1-19-8-11-6-12(9-19)16(11)17-14-5-3-2-4-13(14)15-7-18-10-20(15)17/h2-5,7,10-12,16-17H,6,8-9H2,1H3. The molecule has 3 unspecified atom stereocenters. The molecule has 0 radical (unpaired) electrons. The molecule has 3 aliphatic heterocycles. The topological polar surface area (TPSA) is 21.1 Å². The summed E-state index contributed by atoms with van der Waals surface area (Å²) in [6, 6.07) is 9.44. The van der Waals surface area contributed by atoms with Gasteiger partial charge in [0.2, 0.25) is 0 Å². The van der Waals surface area contributed by atoms with Gasteiger partial charge in [-0.1, -0.05) is 24.3 Å². The third-order valence-corrected chi connectivity index (χ3v) is 5.67. The van der Waals surface area contributed by atoms with Crippen molar-refractivity contribution in [3.05, 3.63) is 42.4 Å². The second kappa shape index (κ2) is 3.73. The molecule has 102 valence electrons. The summed E-state index contributed by atoms with van der Waals surface area (Å²) in [7, 11) is 2.26. The van der Waals surface area contributed by atoms with E-state index in [1.165, 1.54) is 36.3 Å². The van der Waals surface area contributed by atoms with Crippen LogP contribution in [-0.2, 0) is 0 Å². The van der Waals surface area contributed by atoms with Crippen molar-refractivity contribution in [1.29, 1.82) is 0 Å². The summed E-state index contributed by atoms with van der Waals surface area (Å²) < 4.78 is 2.43. The zero-order valence-corrected chi connectivity index (χ0v) is 11.7. The minimum absolute atomic E-state index is 0.529. The molecule has 6 rings (SSSR count). The van der Waals surface area contributed by atoms with Crippen molar-refractivity contribution in [2.24, 2.45) is 17.8 Å². The molecule has 3 fully saturated rings. The Morgan fingerprint density at radius 3 is 2.80 bits per heavy atom. The van der Waals surface area contributed by atoms with Crippen LogP contribution in [0.25, 0.3) is 11.3 Å². The number of hydrogen-bond donors (Lipinski definition) is 0. The molecule has 20 heavy (non-hydrogen) atoms. The number of hydrogen-bond acceptors (Lipinski definition) is 2. The average Bonchev–Trinajstić information content (AvgIpc) is 3.02. The lowest BCUT2D eigenvalue weighted by Crippen LogP contribution is -2.56. The second-order valence-electron chi connectivity index (χ2n) is 6.77. The third-order valence-electron chi connectivity index (χ3n) is 5.67. The van der Waals surface area contributed by atoms with Crippen molar-refractivity contribution in [3.8, 4) is 11.3 Å². The van der Waals surface area contributed by atoms with E-state index < -0.39 is 0 Å². The van der Waals surface area contributed by atoms with Crippen LogP contribution >= 0.6 is 0 Å². The Morgan fingerprint density at radius 2 is 1.95 bits per heavy atom. The minimum Gasteiger partial charge on any atom is -0.323 e. The first kappa shape index (κ1) is 11.1. The molecular formula is C17H19N3. The van der Waals surface area contributed by atoms with Gasteiger partial charge in [-0.3, -0.25) is 0 Å². The average molecular weight is 265 g/mol. The Labute approximate surface area is 119 Å². The van der Waals surface area contributed by atoms with Crippen molar-refractivity contribution < 1.29 is 0 Å². The zero-order valence-electron chi connectivity index (χ0n) is 11.7. The quantitative estimate of drug-likeness (QED) is 0.790. The van der Waals surface area contributed by atoms with Crippen LogP contribution in [0.2, 0.25) is 0 Å². The summed E-state index contributed by atoms with van der Waals surface area (Å²) in [6.07, 6.45) is 5.49. The fourth-order valence-electron chi connectivity index (χ4n) is 4.94. The van der Waals surface area contributed by atoms with Crippen molar-refractivity contribution >= 4 is 0 Å². The predicted octanol–water partition coefficient (Wildman–Crippen LogP) is 2.65. The van der Waals surface area contributed by atoms with Crippen LogP contribution in [0, 0.1) is 17.8 Å². The Kier molecular flexibility index (Phi) is 2.07. The van der Waals surface area contributed by atoms with E-state index in [9.17, 15) is 0 Å². The lowest BCUT2D eigenvalue weighted by molar-refractivity contribution is -0.0509. The number of fused-ring (bicyclic) bond motifs is 5. The van der Waals surface area contributed by atoms with E-state index in [-0.39, 0.29) is 0 Å². The molecule has 3 atom stereocenters. The van der Waals surface area contributed by atoms with E-state index in [4.69, 9.17) is 0 Å². The molecule has 2 bridgehead atoms. The van der Waals surface area contributed by atoms with Gasteiger partial charge in [-0.15, -0.1) is 0 Å². The molecule has 1 aromatic heterocycles. The maximum absolute atomic E-state index is 4.40. The summed E-state index contributed by atoms with van der Waals surface area (Å²) in [5.41, 5.74) is 4.23. The Bertz CT molecular complexity index is 662. The van der Waals surface area contributed by atoms with Gasteiger partial charge in [0.1, 0.15) is 0 Å². The number of rotatable bonds is 1. The van der Waals surface area contributed by atoms with Gasteiger partial charge in [-0.25, -0.2) is 4.98 Å². The van der Waals surface area contributed by atoms with E-state index in [0.29, 0.717) is 6.04 Å². The SMILES string of the molecule is CN1CC2CC(C1)C2C1c2ccccc2-c2cncn21. The number of benzene rings is 1. The lowest BCUT2D eigenvalue weighted by Gasteiger charge is -2.55. The minimum atomic E-state index is 0.529. The van der Waals surface area contributed by atoms with Crippen LogP contribution in [-0.4, -0.2) is 34.6 Å². The van der Waals surface area contributed by atoms with Gasteiger partial charge in [0.15, 0.2) is 0 Å². The first-order valence-electron chi connectivity index (χ1n) is 7.62. The number of imidazole rings is 1. The van der Waals surface area contributed by atoms with Crippen LogP contribution in [0.5, 0.6) is 0 Å². The molecule has 3 nitrogen and oxygen atoms in total. The molecule has 4 heterocycles. The summed E-state index contributed by atoms with van der Waals surface area (Å²) in [6.45, 7) is 2.54. The summed E-state index contributed by atoms with van der Waals surface area (Å²) in [5.74, 6) is 2.54. The molecule has 1 aliphatic carbocycles. The largest absolute Gasteiger partial charge is 0.323 e. The maximum Gasteiger partial charge on any atom is 0.0956 e. The normalized spacial score (nSPS) is 34.5. The summed E-state index contributed by atoms with van der Waals surface area (Å²) >= 11 is 0. The molecule has 1 saturated carbocycles. The van der Waals surface area contributed by atoms with Gasteiger partial charge in [0.05, 0.1) is 24.3 Å². The van der Waals surface area contributed by atoms with E-state index in [2.05, 4.69) is 45.8 Å². The summed E-state index contributed by atoms with van der Waals surface area (Å²) in [5, 5.41) is 0. The lowest BCUT2D eigenvalue weighted by atomic mass is 9.58. The third kappa shape index (κ3) is 1.27. The highest BCUT2D eigenvalue weighted by atomic mass is 15.2. The molecule has 2 aromatic rings. The Balaban J connectivity index is 1.62. The van der Waals surface area contributed by atoms with Gasteiger partial charge < -0.3 is 9.47 Å². The predicted molar refractivity (Wildman–Crippen MR) is 78.4 cm³/mol. The fraction of sp³-hybridized carbons (Fsp3) is 0.471. The molecule has 2 saturated heterocycles. The van der Waals surface area contributed by atoms with Crippen LogP contribution in [0.15, 0.2) is 36.8 Å². The molecule has 1 aromatic carbocycles. The highest BCUT2D eigenvalue weighted by Gasteiger charge is 2.51. The molecule has 4 aliphatic rings. The van der Waals surface area contributed by atoms with Crippen LogP contribution in [0.1, 0.15) is 18.0 Å². The first-order chi connectivity index (χ1) is 9.83. The number of piperidine rings is 2. The highest BCUT2D eigenvalue weighted by molar-refractivity contribution is 5.69. The van der Waals surface area contributed by atoms with Crippen molar-refractivity contribution in [1.82, 2.24) is 14.5 Å². The maximum atomic E-state index is 4.40. The van der Waals surface area contributed by atoms with Gasteiger partial charge in [0.25, 0.3) is 0 Å². The molecule has 0 N–H and O–H groups in total. The Hall–Kier alpha value is -1.61. The van der Waals surface area contributed by atoms with E-state index >= 15 is 0 Å². The van der Waals surface area contributed by atoms with Gasteiger partial charge in [-0.05, 0) is 36.8 Å². The van der Waals surface area contributed by atoms with Gasteiger partial charge in [0, 0.05) is 18.7 Å². The zero-order chi connectivity index (χ0) is 13.3. The molecular weight excluding hydrogens is 246 g/mol. The molecule has 0 spiro atoms. The summed E-state index contributed by atoms with van der Waals surface area (Å²) in [4.78, 5) is 6.90. The van der Waals surface area contributed by atoms with Crippen molar-refractivity contribution in [2.75, 3.05) is 20.1 Å². The monoisotopic (exact) mass is 265 g/mol. The number of aromatic nitrogens is 2. The highest BCUT2D eigenvalue weighted by Crippen LogP contribution is 2.56. The van der Waals surface area contributed by atoms with E-state index in [1.807, 2.05) is 12.5 Å².